The van der Waals surface area contributed by atoms with Crippen LogP contribution in [0.2, 0.25) is 0 Å². The molecule has 0 spiro atoms. The minimum Gasteiger partial charge on any atom is -0.511 e. The Balaban J connectivity index is 1.67. The maximum absolute atomic E-state index is 13.5. The number of hydrogen-bond acceptors (Lipinski definition) is 3. The molecule has 1 aliphatic rings. The van der Waals surface area contributed by atoms with Gasteiger partial charge in [0.1, 0.15) is 5.76 Å². The molecule has 170 valence electrons. The first-order valence-corrected chi connectivity index (χ1v) is 12.5. The monoisotopic (exact) mass is 456 g/mol. The molecule has 1 unspecified atom stereocenters. The Morgan fingerprint density at radius 3 is 2.24 bits per heavy atom. The normalized spacial score (nSPS) is 18.7. The SMILES string of the molecule is Cc1ccc(C(C)C)c(SC2=C(O)CC(CCc3ccccc3)(c3ccccc3)CC2=O)c1. The third-order valence-electron chi connectivity index (χ3n) is 6.64. The summed E-state index contributed by atoms with van der Waals surface area (Å²) in [6, 6.07) is 27.0. The summed E-state index contributed by atoms with van der Waals surface area (Å²) >= 11 is 1.44. The van der Waals surface area contributed by atoms with Crippen LogP contribution in [0, 0.1) is 6.92 Å². The van der Waals surface area contributed by atoms with Crippen molar-refractivity contribution in [1.82, 2.24) is 0 Å². The van der Waals surface area contributed by atoms with Crippen LogP contribution in [-0.4, -0.2) is 10.9 Å². The van der Waals surface area contributed by atoms with E-state index in [0.29, 0.717) is 23.7 Å². The van der Waals surface area contributed by atoms with E-state index in [0.717, 1.165) is 28.9 Å². The van der Waals surface area contributed by atoms with Gasteiger partial charge >= 0.3 is 0 Å². The summed E-state index contributed by atoms with van der Waals surface area (Å²) in [6.07, 6.45) is 2.59. The topological polar surface area (TPSA) is 37.3 Å². The van der Waals surface area contributed by atoms with E-state index in [4.69, 9.17) is 0 Å². The molecular weight excluding hydrogens is 424 g/mol. The maximum Gasteiger partial charge on any atom is 0.173 e. The number of allylic oxidation sites excluding steroid dienone is 2. The zero-order valence-corrected chi connectivity index (χ0v) is 20.5. The van der Waals surface area contributed by atoms with Crippen molar-refractivity contribution < 1.29 is 9.90 Å². The second kappa shape index (κ2) is 10.0. The Morgan fingerprint density at radius 2 is 1.61 bits per heavy atom. The van der Waals surface area contributed by atoms with E-state index < -0.39 is 5.41 Å². The molecule has 33 heavy (non-hydrogen) atoms. The lowest BCUT2D eigenvalue weighted by Crippen LogP contribution is -2.35. The molecule has 3 aromatic carbocycles. The molecule has 0 radical (unpaired) electrons. The minimum absolute atomic E-state index is 0.0388. The zero-order chi connectivity index (χ0) is 23.4. The molecule has 1 atom stereocenters. The van der Waals surface area contributed by atoms with Crippen molar-refractivity contribution in [2.75, 3.05) is 0 Å². The highest BCUT2D eigenvalue weighted by atomic mass is 32.2. The number of aliphatic hydroxyl groups is 1. The number of rotatable bonds is 7. The van der Waals surface area contributed by atoms with Gasteiger partial charge in [0.05, 0.1) is 4.91 Å². The van der Waals surface area contributed by atoms with Gasteiger partial charge in [0.25, 0.3) is 0 Å². The fraction of sp³-hybridized carbons (Fsp3) is 0.300. The number of ketones is 1. The fourth-order valence-corrected chi connectivity index (χ4v) is 6.05. The lowest BCUT2D eigenvalue weighted by Gasteiger charge is -2.37. The smallest absolute Gasteiger partial charge is 0.173 e. The highest BCUT2D eigenvalue weighted by Crippen LogP contribution is 2.47. The van der Waals surface area contributed by atoms with Crippen LogP contribution in [0.4, 0.5) is 0 Å². The Kier molecular flexibility index (Phi) is 7.09. The molecule has 0 bridgehead atoms. The third-order valence-corrected chi connectivity index (χ3v) is 7.89. The van der Waals surface area contributed by atoms with E-state index in [1.54, 1.807) is 0 Å². The molecule has 0 heterocycles. The first kappa shape index (κ1) is 23.4. The van der Waals surface area contributed by atoms with E-state index in [9.17, 15) is 9.90 Å². The van der Waals surface area contributed by atoms with Crippen LogP contribution in [0.3, 0.4) is 0 Å². The average Bonchev–Trinajstić information content (AvgIpc) is 2.81. The van der Waals surface area contributed by atoms with Crippen molar-refractivity contribution in [2.45, 2.75) is 62.7 Å². The Bertz CT molecular complexity index is 1150. The zero-order valence-electron chi connectivity index (χ0n) is 19.7. The molecule has 0 amide bonds. The quantitative estimate of drug-likeness (QED) is 0.392. The van der Waals surface area contributed by atoms with Gasteiger partial charge in [0.15, 0.2) is 5.78 Å². The van der Waals surface area contributed by atoms with E-state index >= 15 is 0 Å². The summed E-state index contributed by atoms with van der Waals surface area (Å²) in [5.41, 5.74) is 4.36. The summed E-state index contributed by atoms with van der Waals surface area (Å²) < 4.78 is 0. The van der Waals surface area contributed by atoms with Crippen molar-refractivity contribution in [3.05, 3.63) is 112 Å². The van der Waals surface area contributed by atoms with Gasteiger partial charge in [-0.05, 0) is 54.0 Å². The molecule has 1 N–H and O–H groups in total. The number of aryl methyl sites for hydroxylation is 2. The summed E-state index contributed by atoms with van der Waals surface area (Å²) in [7, 11) is 0. The van der Waals surface area contributed by atoms with Gasteiger partial charge in [-0.15, -0.1) is 0 Å². The Labute approximate surface area is 201 Å². The maximum atomic E-state index is 13.5. The molecule has 4 rings (SSSR count). The van der Waals surface area contributed by atoms with E-state index in [1.807, 2.05) is 24.3 Å². The molecule has 0 saturated carbocycles. The molecule has 0 fully saturated rings. The van der Waals surface area contributed by atoms with Gasteiger partial charge in [0.2, 0.25) is 0 Å². The van der Waals surface area contributed by atoms with Crippen LogP contribution in [0.1, 0.15) is 61.3 Å². The largest absolute Gasteiger partial charge is 0.511 e. The van der Waals surface area contributed by atoms with E-state index in [-0.39, 0.29) is 11.5 Å². The van der Waals surface area contributed by atoms with Crippen LogP contribution >= 0.6 is 11.8 Å². The molecule has 3 aromatic rings. The van der Waals surface area contributed by atoms with Gasteiger partial charge < -0.3 is 5.11 Å². The number of benzene rings is 3. The predicted octanol–water partition coefficient (Wildman–Crippen LogP) is 7.91. The number of carbonyl (C=O) groups excluding carboxylic acids is 1. The summed E-state index contributed by atoms with van der Waals surface area (Å²) in [5.74, 6) is 0.616. The van der Waals surface area contributed by atoms with Crippen molar-refractivity contribution in [3.63, 3.8) is 0 Å². The molecule has 1 aliphatic carbocycles. The lowest BCUT2D eigenvalue weighted by atomic mass is 9.67. The standard InChI is InChI=1S/C30H32O2S/c1-21(2)25-15-14-22(3)18-28(25)33-29-26(31)19-30(20-27(29)32,24-12-8-5-9-13-24)17-16-23-10-6-4-7-11-23/h4-15,18,21,31H,16-17,19-20H2,1-3H3. The number of Topliss-reactive ketones (excluding diaryl/α,β-unsaturated/α-hetero) is 1. The average molecular weight is 457 g/mol. The molecular formula is C30H32O2S. The number of hydrogen-bond donors (Lipinski definition) is 1. The van der Waals surface area contributed by atoms with Crippen molar-refractivity contribution in [1.29, 1.82) is 0 Å². The minimum atomic E-state index is -0.393. The van der Waals surface area contributed by atoms with Gasteiger partial charge in [0, 0.05) is 23.2 Å². The molecule has 0 aliphatic heterocycles. The van der Waals surface area contributed by atoms with Gasteiger partial charge in [-0.2, -0.15) is 0 Å². The molecule has 0 aromatic heterocycles. The van der Waals surface area contributed by atoms with Crippen LogP contribution in [0.25, 0.3) is 0 Å². The lowest BCUT2D eigenvalue weighted by molar-refractivity contribution is -0.117. The fourth-order valence-electron chi connectivity index (χ4n) is 4.79. The number of aliphatic hydroxyl groups excluding tert-OH is 1. The van der Waals surface area contributed by atoms with Crippen molar-refractivity contribution in [2.24, 2.45) is 0 Å². The first-order chi connectivity index (χ1) is 15.9. The second-order valence-corrected chi connectivity index (χ2v) is 10.5. The Hall–Kier alpha value is -2.78. The predicted molar refractivity (Wildman–Crippen MR) is 138 cm³/mol. The number of thioether (sulfide) groups is 1. The van der Waals surface area contributed by atoms with Gasteiger partial charge in [-0.25, -0.2) is 0 Å². The molecule has 0 saturated heterocycles. The summed E-state index contributed by atoms with van der Waals surface area (Å²) in [5, 5.41) is 11.2. The van der Waals surface area contributed by atoms with Gasteiger partial charge in [-0.3, -0.25) is 4.79 Å². The third kappa shape index (κ3) is 5.25. The highest BCUT2D eigenvalue weighted by Gasteiger charge is 2.41. The van der Waals surface area contributed by atoms with Crippen LogP contribution < -0.4 is 0 Å². The first-order valence-electron chi connectivity index (χ1n) is 11.7. The molecule has 3 heteroatoms. The van der Waals surface area contributed by atoms with Crippen LogP contribution in [0.5, 0.6) is 0 Å². The van der Waals surface area contributed by atoms with E-state index in [2.05, 4.69) is 75.4 Å². The number of carbonyl (C=O) groups is 1. The highest BCUT2D eigenvalue weighted by molar-refractivity contribution is 8.04. The van der Waals surface area contributed by atoms with Crippen molar-refractivity contribution in [3.8, 4) is 0 Å². The molecule has 2 nitrogen and oxygen atoms in total. The Morgan fingerprint density at radius 1 is 0.939 bits per heavy atom. The summed E-state index contributed by atoms with van der Waals surface area (Å²) in [4.78, 5) is 15.1. The van der Waals surface area contributed by atoms with Crippen molar-refractivity contribution >= 4 is 17.5 Å². The van der Waals surface area contributed by atoms with Gasteiger partial charge in [-0.1, -0.05) is 98.4 Å². The van der Waals surface area contributed by atoms with Crippen LogP contribution in [-0.2, 0) is 16.6 Å². The van der Waals surface area contributed by atoms with E-state index in [1.165, 1.54) is 22.9 Å². The van der Waals surface area contributed by atoms with Crippen LogP contribution in [0.15, 0.2) is 94.4 Å². The second-order valence-electron chi connectivity index (χ2n) is 9.48. The summed E-state index contributed by atoms with van der Waals surface area (Å²) in [6.45, 7) is 6.39.